The highest BCUT2D eigenvalue weighted by molar-refractivity contribution is 7.98. The van der Waals surface area contributed by atoms with Crippen LogP contribution < -0.4 is 11.1 Å². The number of anilines is 1. The van der Waals surface area contributed by atoms with E-state index in [-0.39, 0.29) is 0 Å². The summed E-state index contributed by atoms with van der Waals surface area (Å²) in [6.07, 6.45) is 6.59. The van der Waals surface area contributed by atoms with Crippen molar-refractivity contribution in [3.8, 4) is 0 Å². The van der Waals surface area contributed by atoms with Gasteiger partial charge in [-0.1, -0.05) is 12.2 Å². The van der Waals surface area contributed by atoms with Gasteiger partial charge < -0.3 is 11.1 Å². The molecule has 0 saturated heterocycles. The van der Waals surface area contributed by atoms with Crippen LogP contribution in [0.3, 0.4) is 0 Å². The van der Waals surface area contributed by atoms with Crippen molar-refractivity contribution in [1.82, 2.24) is 4.98 Å². The van der Waals surface area contributed by atoms with Crippen LogP contribution in [0, 0.1) is 0 Å². The monoisotopic (exact) mass is 295 g/mol. The number of nitrogens with one attached hydrogen (secondary N) is 1. The van der Waals surface area contributed by atoms with Crippen LogP contribution in [0.4, 0.5) is 5.82 Å². The molecule has 0 radical (unpaired) electrons. The van der Waals surface area contributed by atoms with Crippen molar-refractivity contribution in [2.45, 2.75) is 38.6 Å². The maximum Gasteiger partial charge on any atom is 0.136 e. The minimum Gasteiger partial charge on any atom is -0.389 e. The Morgan fingerprint density at radius 3 is 3.05 bits per heavy atom. The molecule has 0 aromatic carbocycles. The molecule has 3 nitrogen and oxygen atoms in total. The predicted octanol–water partition coefficient (Wildman–Crippen LogP) is 2.76. The molecular weight excluding hydrogens is 274 g/mol. The van der Waals surface area contributed by atoms with Crippen LogP contribution in [-0.2, 0) is 12.8 Å². The molecule has 1 aliphatic rings. The van der Waals surface area contributed by atoms with Crippen molar-refractivity contribution in [2.24, 2.45) is 5.73 Å². The van der Waals surface area contributed by atoms with Gasteiger partial charge in [-0.25, -0.2) is 4.98 Å². The van der Waals surface area contributed by atoms with Crippen LogP contribution in [0.5, 0.6) is 0 Å². The largest absolute Gasteiger partial charge is 0.389 e. The van der Waals surface area contributed by atoms with Crippen molar-refractivity contribution in [1.29, 1.82) is 0 Å². The van der Waals surface area contributed by atoms with Crippen molar-refractivity contribution in [3.63, 3.8) is 0 Å². The van der Waals surface area contributed by atoms with Gasteiger partial charge in [0.25, 0.3) is 0 Å². The second kappa shape index (κ2) is 6.57. The number of thioether (sulfide) groups is 1. The van der Waals surface area contributed by atoms with Gasteiger partial charge in [-0.05, 0) is 56.2 Å². The molecule has 0 bridgehead atoms. The predicted molar refractivity (Wildman–Crippen MR) is 88.2 cm³/mol. The first-order chi connectivity index (χ1) is 9.11. The van der Waals surface area contributed by atoms with Gasteiger partial charge in [-0.2, -0.15) is 11.8 Å². The smallest absolute Gasteiger partial charge is 0.136 e. The highest BCUT2D eigenvalue weighted by atomic mass is 32.2. The number of hydrogen-bond donors (Lipinski definition) is 2. The lowest BCUT2D eigenvalue weighted by atomic mass is 10.1. The molecule has 2 rings (SSSR count). The van der Waals surface area contributed by atoms with E-state index in [1.165, 1.54) is 17.7 Å². The molecule has 1 atom stereocenters. The van der Waals surface area contributed by atoms with Gasteiger partial charge in [0.2, 0.25) is 0 Å². The van der Waals surface area contributed by atoms with Crippen LogP contribution in [-0.4, -0.2) is 28.0 Å². The van der Waals surface area contributed by atoms with Crippen molar-refractivity contribution >= 4 is 34.8 Å². The van der Waals surface area contributed by atoms with Crippen LogP contribution in [0.15, 0.2) is 6.07 Å². The molecule has 1 aromatic heterocycles. The van der Waals surface area contributed by atoms with Gasteiger partial charge in [-0.15, -0.1) is 0 Å². The zero-order valence-corrected chi connectivity index (χ0v) is 13.2. The fraction of sp³-hybridized carbons (Fsp3) is 0.571. The van der Waals surface area contributed by atoms with Gasteiger partial charge in [0.1, 0.15) is 10.8 Å². The average Bonchev–Trinajstić information content (AvgIpc) is 2.82. The number of hydrogen-bond acceptors (Lipinski definition) is 4. The minimum atomic E-state index is 0.382. The Hall–Kier alpha value is -0.810. The summed E-state index contributed by atoms with van der Waals surface area (Å²) in [7, 11) is 0. The molecule has 0 spiro atoms. The maximum atomic E-state index is 5.83. The number of nitrogens with zero attached hydrogens (tertiary/aromatic N) is 1. The van der Waals surface area contributed by atoms with Crippen LogP contribution in [0.1, 0.15) is 36.6 Å². The zero-order valence-electron chi connectivity index (χ0n) is 11.5. The first-order valence-electron chi connectivity index (χ1n) is 6.70. The average molecular weight is 295 g/mol. The standard InChI is InChI=1S/C14H21N3S2/c1-9(6-7-19-2)16-14-11(13(15)18)8-10-4-3-5-12(10)17-14/h8-9H,3-7H2,1-2H3,(H2,15,18)(H,16,17). The third-order valence-electron chi connectivity index (χ3n) is 3.45. The summed E-state index contributed by atoms with van der Waals surface area (Å²) in [6.45, 7) is 2.18. The number of nitrogens with two attached hydrogens (primary N) is 1. The van der Waals surface area contributed by atoms with Gasteiger partial charge in [0.05, 0.1) is 5.56 Å². The third kappa shape index (κ3) is 3.60. The fourth-order valence-corrected chi connectivity index (χ4v) is 3.11. The van der Waals surface area contributed by atoms with E-state index in [9.17, 15) is 0 Å². The zero-order chi connectivity index (χ0) is 13.8. The van der Waals surface area contributed by atoms with Crippen LogP contribution >= 0.6 is 24.0 Å². The number of thiocarbonyl (C=S) groups is 1. The second-order valence-corrected chi connectivity index (χ2v) is 6.46. The molecule has 0 saturated carbocycles. The third-order valence-corrected chi connectivity index (χ3v) is 4.32. The lowest BCUT2D eigenvalue weighted by Crippen LogP contribution is -2.21. The van der Waals surface area contributed by atoms with Crippen molar-refractivity contribution < 1.29 is 0 Å². The summed E-state index contributed by atoms with van der Waals surface area (Å²) in [6, 6.07) is 2.51. The number of fused-ring (bicyclic) bond motifs is 1. The minimum absolute atomic E-state index is 0.382. The molecule has 1 aromatic rings. The number of rotatable bonds is 6. The number of pyridine rings is 1. The molecular formula is C14H21N3S2. The summed E-state index contributed by atoms with van der Waals surface area (Å²) in [5.74, 6) is 2.00. The van der Waals surface area contributed by atoms with Crippen molar-refractivity contribution in [2.75, 3.05) is 17.3 Å². The molecule has 3 N–H and O–H groups in total. The van der Waals surface area contributed by atoms with Crippen LogP contribution in [0.2, 0.25) is 0 Å². The second-order valence-electron chi connectivity index (χ2n) is 5.04. The van der Waals surface area contributed by atoms with E-state index in [1.807, 2.05) is 11.8 Å². The van der Waals surface area contributed by atoms with E-state index >= 15 is 0 Å². The van der Waals surface area contributed by atoms with E-state index in [0.717, 1.165) is 36.4 Å². The van der Waals surface area contributed by atoms with Crippen molar-refractivity contribution in [3.05, 3.63) is 22.9 Å². The molecule has 1 heterocycles. The van der Waals surface area contributed by atoms with E-state index in [0.29, 0.717) is 11.0 Å². The first kappa shape index (κ1) is 14.6. The van der Waals surface area contributed by atoms with Gasteiger partial charge in [0, 0.05) is 11.7 Å². The molecule has 1 aliphatic carbocycles. The molecule has 0 aliphatic heterocycles. The van der Waals surface area contributed by atoms with E-state index in [2.05, 4.69) is 24.6 Å². The molecule has 0 fully saturated rings. The van der Waals surface area contributed by atoms with Gasteiger partial charge in [-0.3, -0.25) is 0 Å². The number of aryl methyl sites for hydroxylation is 2. The lowest BCUT2D eigenvalue weighted by molar-refractivity contribution is 0.765. The Balaban J connectivity index is 2.20. The first-order valence-corrected chi connectivity index (χ1v) is 8.50. The Bertz CT molecular complexity index is 474. The summed E-state index contributed by atoms with van der Waals surface area (Å²) < 4.78 is 0. The maximum absolute atomic E-state index is 5.83. The van der Waals surface area contributed by atoms with Gasteiger partial charge in [0.15, 0.2) is 0 Å². The van der Waals surface area contributed by atoms with E-state index in [1.54, 1.807) is 0 Å². The Kier molecular flexibility index (Phi) is 5.05. The number of aromatic nitrogens is 1. The summed E-state index contributed by atoms with van der Waals surface area (Å²) in [5.41, 5.74) is 9.25. The molecule has 0 amide bonds. The molecule has 1 unspecified atom stereocenters. The highest BCUT2D eigenvalue weighted by Gasteiger charge is 2.18. The van der Waals surface area contributed by atoms with E-state index < -0.39 is 0 Å². The quantitative estimate of drug-likeness (QED) is 0.790. The topological polar surface area (TPSA) is 50.9 Å². The Labute approximate surface area is 124 Å². The molecule has 19 heavy (non-hydrogen) atoms. The lowest BCUT2D eigenvalue weighted by Gasteiger charge is -2.17. The highest BCUT2D eigenvalue weighted by Crippen LogP contribution is 2.26. The Morgan fingerprint density at radius 2 is 2.37 bits per heavy atom. The summed E-state index contributed by atoms with van der Waals surface area (Å²) in [5, 5.41) is 3.46. The molecule has 5 heteroatoms. The van der Waals surface area contributed by atoms with Crippen LogP contribution in [0.25, 0.3) is 0 Å². The Morgan fingerprint density at radius 1 is 1.58 bits per heavy atom. The molecule has 104 valence electrons. The SMILES string of the molecule is CSCCC(C)Nc1nc2c(cc1C(N)=S)CCC2. The summed E-state index contributed by atoms with van der Waals surface area (Å²) >= 11 is 7.01. The normalized spacial score (nSPS) is 15.1. The fourth-order valence-electron chi connectivity index (χ4n) is 2.37. The van der Waals surface area contributed by atoms with Gasteiger partial charge >= 0.3 is 0 Å². The van der Waals surface area contributed by atoms with E-state index in [4.69, 9.17) is 22.9 Å². The summed E-state index contributed by atoms with van der Waals surface area (Å²) in [4.78, 5) is 5.17.